The van der Waals surface area contributed by atoms with Gasteiger partial charge in [0.1, 0.15) is 5.75 Å². The molecule has 1 aliphatic heterocycles. The van der Waals surface area contributed by atoms with E-state index < -0.39 is 11.7 Å². The Kier molecular flexibility index (Phi) is 7.66. The van der Waals surface area contributed by atoms with Crippen molar-refractivity contribution < 1.29 is 17.9 Å². The van der Waals surface area contributed by atoms with Crippen LogP contribution in [0.2, 0.25) is 0 Å². The van der Waals surface area contributed by atoms with Crippen molar-refractivity contribution in [2.45, 2.75) is 56.5 Å². The maximum atomic E-state index is 12.8. The Balaban J connectivity index is 1.18. The van der Waals surface area contributed by atoms with Gasteiger partial charge in [-0.2, -0.15) is 13.2 Å². The summed E-state index contributed by atoms with van der Waals surface area (Å²) in [5.41, 5.74) is 4.67. The molecule has 2 unspecified atom stereocenters. The SMILES string of the molecule is FC(F)(F)c1ccc(OCC2CCCC(c3ccc(-c4cccc([C@H]5CCCNC5)c4)cc3)C2)cc1. The number of halogens is 3. The van der Waals surface area contributed by atoms with Crippen LogP contribution in [0.1, 0.15) is 67.1 Å². The highest BCUT2D eigenvalue weighted by Gasteiger charge is 2.30. The minimum absolute atomic E-state index is 0.409. The molecule has 1 saturated heterocycles. The number of hydrogen-bond acceptors (Lipinski definition) is 2. The van der Waals surface area contributed by atoms with E-state index in [-0.39, 0.29) is 0 Å². The molecule has 2 fully saturated rings. The number of nitrogens with one attached hydrogen (secondary N) is 1. The van der Waals surface area contributed by atoms with Crippen LogP contribution in [0.4, 0.5) is 13.2 Å². The lowest BCUT2D eigenvalue weighted by Crippen LogP contribution is -2.28. The lowest BCUT2D eigenvalue weighted by atomic mass is 9.78. The smallest absolute Gasteiger partial charge is 0.416 e. The third-order valence-electron chi connectivity index (χ3n) is 7.82. The van der Waals surface area contributed by atoms with Gasteiger partial charge in [-0.1, -0.05) is 55.0 Å². The van der Waals surface area contributed by atoms with Crippen molar-refractivity contribution >= 4 is 0 Å². The second-order valence-corrected chi connectivity index (χ2v) is 10.4. The molecule has 2 aliphatic rings. The zero-order valence-corrected chi connectivity index (χ0v) is 20.6. The van der Waals surface area contributed by atoms with E-state index in [1.807, 2.05) is 0 Å². The molecule has 3 aromatic carbocycles. The minimum atomic E-state index is -4.32. The summed E-state index contributed by atoms with van der Waals surface area (Å²) < 4.78 is 44.2. The molecule has 2 nitrogen and oxygen atoms in total. The lowest BCUT2D eigenvalue weighted by molar-refractivity contribution is -0.137. The first-order chi connectivity index (χ1) is 17.5. The van der Waals surface area contributed by atoms with E-state index in [1.165, 1.54) is 53.6 Å². The summed E-state index contributed by atoms with van der Waals surface area (Å²) in [6.45, 7) is 2.73. The minimum Gasteiger partial charge on any atom is -0.493 e. The second kappa shape index (κ2) is 11.1. The topological polar surface area (TPSA) is 21.3 Å². The number of alkyl halides is 3. The average Bonchev–Trinajstić information content (AvgIpc) is 2.92. The molecule has 5 rings (SSSR count). The third-order valence-corrected chi connectivity index (χ3v) is 7.82. The Morgan fingerprint density at radius 2 is 1.56 bits per heavy atom. The Hall–Kier alpha value is -2.79. The van der Waals surface area contributed by atoms with Crippen molar-refractivity contribution in [3.63, 3.8) is 0 Å². The van der Waals surface area contributed by atoms with Crippen LogP contribution in [0.25, 0.3) is 11.1 Å². The molecular weight excluding hydrogens is 459 g/mol. The first-order valence-corrected chi connectivity index (χ1v) is 13.2. The molecule has 190 valence electrons. The summed E-state index contributed by atoms with van der Waals surface area (Å²) >= 11 is 0. The van der Waals surface area contributed by atoms with Gasteiger partial charge in [0.15, 0.2) is 0 Å². The molecule has 0 amide bonds. The monoisotopic (exact) mass is 493 g/mol. The predicted octanol–water partition coefficient (Wildman–Crippen LogP) is 8.19. The molecule has 0 aromatic heterocycles. The summed E-state index contributed by atoms with van der Waals surface area (Å²) in [6.07, 6.45) is 2.62. The van der Waals surface area contributed by atoms with Gasteiger partial charge in [-0.3, -0.25) is 0 Å². The van der Waals surface area contributed by atoms with Gasteiger partial charge >= 0.3 is 6.18 Å². The van der Waals surface area contributed by atoms with Crippen LogP contribution < -0.4 is 10.1 Å². The molecule has 0 bridgehead atoms. The molecule has 1 aliphatic carbocycles. The quantitative estimate of drug-likeness (QED) is 0.374. The number of piperidine rings is 1. The standard InChI is InChI=1S/C31H34F3NO/c32-31(33,34)29-13-15-30(16-14-29)36-21-22-4-1-5-25(18-22)23-9-11-24(12-10-23)26-6-2-7-27(19-26)28-8-3-17-35-20-28/h2,6-7,9-16,19,22,25,28,35H,1,3-5,8,17-18,20-21H2/t22?,25?,28-/m0/s1. The molecule has 36 heavy (non-hydrogen) atoms. The number of ether oxygens (including phenoxy) is 1. The Morgan fingerprint density at radius 3 is 2.28 bits per heavy atom. The first-order valence-electron chi connectivity index (χ1n) is 13.2. The highest BCUT2D eigenvalue weighted by atomic mass is 19.4. The normalized spacial score (nSPS) is 22.8. The molecule has 3 atom stereocenters. The Bertz CT molecular complexity index is 1120. The van der Waals surface area contributed by atoms with Gasteiger partial charge in [-0.15, -0.1) is 0 Å². The van der Waals surface area contributed by atoms with E-state index in [9.17, 15) is 13.2 Å². The fraction of sp³-hybridized carbons (Fsp3) is 0.419. The Labute approximate surface area is 211 Å². The van der Waals surface area contributed by atoms with Crippen molar-refractivity contribution in [2.75, 3.05) is 19.7 Å². The van der Waals surface area contributed by atoms with E-state index in [0.29, 0.717) is 30.1 Å². The van der Waals surface area contributed by atoms with Gasteiger partial charge in [0, 0.05) is 6.54 Å². The fourth-order valence-corrected chi connectivity index (χ4v) is 5.76. The van der Waals surface area contributed by atoms with E-state index in [1.54, 1.807) is 0 Å². The largest absolute Gasteiger partial charge is 0.493 e. The van der Waals surface area contributed by atoms with Crippen LogP contribution in [0, 0.1) is 5.92 Å². The van der Waals surface area contributed by atoms with Gasteiger partial charge in [0.2, 0.25) is 0 Å². The first kappa shape index (κ1) is 24.9. The molecule has 0 radical (unpaired) electrons. The summed E-state index contributed by atoms with van der Waals surface area (Å²) in [5.74, 6) is 2.00. The van der Waals surface area contributed by atoms with Gasteiger partial charge in [-0.25, -0.2) is 0 Å². The molecule has 0 spiro atoms. The highest BCUT2D eigenvalue weighted by molar-refractivity contribution is 5.64. The molecular formula is C31H34F3NO. The summed E-state index contributed by atoms with van der Waals surface area (Å²) in [4.78, 5) is 0. The third kappa shape index (κ3) is 6.12. The Morgan fingerprint density at radius 1 is 0.778 bits per heavy atom. The lowest BCUT2D eigenvalue weighted by Gasteiger charge is -2.29. The van der Waals surface area contributed by atoms with Crippen molar-refractivity contribution in [3.8, 4) is 16.9 Å². The number of rotatable bonds is 6. The molecule has 5 heteroatoms. The number of hydrogen-bond donors (Lipinski definition) is 1. The van der Waals surface area contributed by atoms with Crippen LogP contribution >= 0.6 is 0 Å². The van der Waals surface area contributed by atoms with Crippen molar-refractivity contribution in [2.24, 2.45) is 5.92 Å². The van der Waals surface area contributed by atoms with Crippen molar-refractivity contribution in [1.29, 1.82) is 0 Å². The number of benzene rings is 3. The molecule has 1 heterocycles. The summed E-state index contributed by atoms with van der Waals surface area (Å²) in [7, 11) is 0. The van der Waals surface area contributed by atoms with Crippen molar-refractivity contribution in [1.82, 2.24) is 5.32 Å². The fourth-order valence-electron chi connectivity index (χ4n) is 5.76. The molecule has 1 N–H and O–H groups in total. The van der Waals surface area contributed by atoms with E-state index in [0.717, 1.165) is 44.5 Å². The van der Waals surface area contributed by atoms with Crippen LogP contribution in [-0.4, -0.2) is 19.7 Å². The molecule has 3 aromatic rings. The van der Waals surface area contributed by atoms with E-state index >= 15 is 0 Å². The second-order valence-electron chi connectivity index (χ2n) is 10.4. The van der Waals surface area contributed by atoms with Crippen molar-refractivity contribution in [3.05, 3.63) is 89.5 Å². The average molecular weight is 494 g/mol. The van der Waals surface area contributed by atoms with Crippen LogP contribution in [-0.2, 0) is 6.18 Å². The van der Waals surface area contributed by atoms with Crippen LogP contribution in [0.15, 0.2) is 72.8 Å². The maximum Gasteiger partial charge on any atom is 0.416 e. The van der Waals surface area contributed by atoms with Gasteiger partial charge in [0.25, 0.3) is 0 Å². The van der Waals surface area contributed by atoms with E-state index in [4.69, 9.17) is 4.74 Å². The van der Waals surface area contributed by atoms with Crippen LogP contribution in [0.5, 0.6) is 5.75 Å². The zero-order valence-electron chi connectivity index (χ0n) is 20.6. The zero-order chi connectivity index (χ0) is 25.0. The van der Waals surface area contributed by atoms with Gasteiger partial charge in [0.05, 0.1) is 12.2 Å². The van der Waals surface area contributed by atoms with Gasteiger partial charge < -0.3 is 10.1 Å². The van der Waals surface area contributed by atoms with Crippen LogP contribution in [0.3, 0.4) is 0 Å². The maximum absolute atomic E-state index is 12.8. The van der Waals surface area contributed by atoms with E-state index in [2.05, 4.69) is 53.8 Å². The summed E-state index contributed by atoms with van der Waals surface area (Å²) in [6, 6.07) is 23.0. The van der Waals surface area contributed by atoms with Gasteiger partial charge in [-0.05, 0) is 103 Å². The summed E-state index contributed by atoms with van der Waals surface area (Å²) in [5, 5.41) is 3.52. The molecule has 1 saturated carbocycles. The predicted molar refractivity (Wildman–Crippen MR) is 138 cm³/mol. The highest BCUT2D eigenvalue weighted by Crippen LogP contribution is 2.38.